The number of carbonyl (C=O) groups is 1. The number of nitrogens with two attached hydrogens (primary N) is 1. The number of guanidine groups is 1. The summed E-state index contributed by atoms with van der Waals surface area (Å²) in [6.45, 7) is 3.76. The van der Waals surface area contributed by atoms with Crippen molar-refractivity contribution in [3.05, 3.63) is 17.5 Å². The molecule has 1 amide bonds. The number of hydrogen-bond acceptors (Lipinski definition) is 6. The number of hydrogen-bond donors (Lipinski definition) is 3. The number of nitrogens with zero attached hydrogens (tertiary/aromatic N) is 2. The number of piperidine rings is 1. The second kappa shape index (κ2) is 9.74. The average molecular weight is 404 g/mol. The van der Waals surface area contributed by atoms with E-state index < -0.39 is 10.0 Å². The number of nitrogens with one attached hydrogen (secondary N) is 2. The quantitative estimate of drug-likeness (QED) is 0.347. The first-order chi connectivity index (χ1) is 12.4. The van der Waals surface area contributed by atoms with E-state index in [1.54, 1.807) is 29.3 Å². The standard InChI is InChI=1S/C15H25N5O4S2/c1-2-24-15(21)20-9-5-12(6-10-20)19-14(16)17-7-8-18-26(22,23)13-4-3-11-25-13/h3-4,11-12,18H,2,5-10H2,1H3,(H3,16,17,19). The van der Waals surface area contributed by atoms with Crippen molar-refractivity contribution in [1.29, 1.82) is 0 Å². The monoisotopic (exact) mass is 403 g/mol. The highest BCUT2D eigenvalue weighted by molar-refractivity contribution is 7.91. The lowest BCUT2D eigenvalue weighted by molar-refractivity contribution is 0.0963. The maximum atomic E-state index is 11.9. The zero-order valence-electron chi connectivity index (χ0n) is 14.7. The lowest BCUT2D eigenvalue weighted by Gasteiger charge is -2.31. The van der Waals surface area contributed by atoms with Gasteiger partial charge in [0.2, 0.25) is 10.0 Å². The van der Waals surface area contributed by atoms with Crippen molar-refractivity contribution < 1.29 is 17.9 Å². The van der Waals surface area contributed by atoms with Crippen LogP contribution in [0.15, 0.2) is 26.7 Å². The molecule has 2 rings (SSSR count). The van der Waals surface area contributed by atoms with Gasteiger partial charge in [-0.05, 0) is 31.2 Å². The third kappa shape index (κ3) is 6.15. The van der Waals surface area contributed by atoms with Crippen LogP contribution in [0.25, 0.3) is 0 Å². The molecule has 0 atom stereocenters. The topological polar surface area (TPSA) is 126 Å². The molecule has 0 saturated carbocycles. The molecule has 9 nitrogen and oxygen atoms in total. The number of carbonyl (C=O) groups excluding carboxylic acids is 1. The van der Waals surface area contributed by atoms with Crippen LogP contribution in [0, 0.1) is 0 Å². The van der Waals surface area contributed by atoms with Crippen molar-refractivity contribution in [1.82, 2.24) is 14.9 Å². The predicted molar refractivity (Wildman–Crippen MR) is 101 cm³/mol. The number of sulfonamides is 1. The summed E-state index contributed by atoms with van der Waals surface area (Å²) in [5.41, 5.74) is 5.85. The van der Waals surface area contributed by atoms with E-state index in [1.165, 1.54) is 0 Å². The summed E-state index contributed by atoms with van der Waals surface area (Å²) in [5, 5.41) is 4.82. The van der Waals surface area contributed by atoms with Gasteiger partial charge in [-0.2, -0.15) is 0 Å². The number of rotatable bonds is 7. The van der Waals surface area contributed by atoms with Gasteiger partial charge in [0, 0.05) is 25.7 Å². The summed E-state index contributed by atoms with van der Waals surface area (Å²) in [6, 6.07) is 3.37. The van der Waals surface area contributed by atoms with Gasteiger partial charge < -0.3 is 20.7 Å². The summed E-state index contributed by atoms with van der Waals surface area (Å²) in [4.78, 5) is 17.5. The minimum Gasteiger partial charge on any atom is -0.450 e. The maximum absolute atomic E-state index is 11.9. The first-order valence-corrected chi connectivity index (χ1v) is 10.8. The molecule has 0 unspecified atom stereocenters. The van der Waals surface area contributed by atoms with Gasteiger partial charge in [0.15, 0.2) is 5.96 Å². The van der Waals surface area contributed by atoms with Crippen LogP contribution in [0.4, 0.5) is 4.79 Å². The van der Waals surface area contributed by atoms with E-state index >= 15 is 0 Å². The van der Waals surface area contributed by atoms with E-state index in [9.17, 15) is 13.2 Å². The van der Waals surface area contributed by atoms with Crippen molar-refractivity contribution in [3.8, 4) is 0 Å². The fraction of sp³-hybridized carbons (Fsp3) is 0.600. The molecule has 1 aliphatic rings. The van der Waals surface area contributed by atoms with Gasteiger partial charge in [-0.3, -0.25) is 4.99 Å². The van der Waals surface area contributed by atoms with Crippen molar-refractivity contribution in [2.24, 2.45) is 10.7 Å². The smallest absolute Gasteiger partial charge is 0.409 e. The number of ether oxygens (including phenoxy) is 1. The Hall–Kier alpha value is -1.85. The van der Waals surface area contributed by atoms with Crippen LogP contribution < -0.4 is 15.8 Å². The molecule has 0 radical (unpaired) electrons. The van der Waals surface area contributed by atoms with Crippen LogP contribution in [0.2, 0.25) is 0 Å². The number of thiophene rings is 1. The van der Waals surface area contributed by atoms with Crippen LogP contribution in [-0.2, 0) is 14.8 Å². The second-order valence-corrected chi connectivity index (χ2v) is 8.64. The van der Waals surface area contributed by atoms with Crippen LogP contribution in [0.3, 0.4) is 0 Å². The van der Waals surface area contributed by atoms with E-state index in [0.29, 0.717) is 19.7 Å². The van der Waals surface area contributed by atoms with Crippen LogP contribution >= 0.6 is 11.3 Å². The SMILES string of the molecule is CCOC(=O)N1CCC(NC(N)=NCCNS(=O)(=O)c2cccs2)CC1. The predicted octanol–water partition coefficient (Wildman–Crippen LogP) is 0.552. The summed E-state index contributed by atoms with van der Waals surface area (Å²) >= 11 is 1.16. The van der Waals surface area contributed by atoms with Crippen molar-refractivity contribution in [2.45, 2.75) is 30.0 Å². The first-order valence-electron chi connectivity index (χ1n) is 8.43. The summed E-state index contributed by atoms with van der Waals surface area (Å²) < 4.78 is 31.6. The highest BCUT2D eigenvalue weighted by Gasteiger charge is 2.23. The third-order valence-corrected chi connectivity index (χ3v) is 6.68. The van der Waals surface area contributed by atoms with Crippen molar-refractivity contribution >= 4 is 33.4 Å². The molecule has 0 aliphatic carbocycles. The molecule has 0 spiro atoms. The molecule has 1 fully saturated rings. The zero-order chi connectivity index (χ0) is 19.0. The molecular weight excluding hydrogens is 378 g/mol. The van der Waals surface area contributed by atoms with Crippen LogP contribution in [-0.4, -0.2) is 64.2 Å². The molecule has 4 N–H and O–H groups in total. The molecule has 1 aliphatic heterocycles. The molecule has 26 heavy (non-hydrogen) atoms. The minimum absolute atomic E-state index is 0.132. The number of aliphatic imine (C=N–C) groups is 1. The molecule has 1 aromatic rings. The maximum Gasteiger partial charge on any atom is 0.409 e. The van der Waals surface area contributed by atoms with E-state index in [4.69, 9.17) is 10.5 Å². The Balaban J connectivity index is 1.68. The Bertz CT molecular complexity index is 698. The van der Waals surface area contributed by atoms with Gasteiger partial charge in [-0.1, -0.05) is 6.07 Å². The van der Waals surface area contributed by atoms with Gasteiger partial charge in [0.05, 0.1) is 13.2 Å². The van der Waals surface area contributed by atoms with Crippen LogP contribution in [0.5, 0.6) is 0 Å². The van der Waals surface area contributed by atoms with Crippen molar-refractivity contribution in [2.75, 3.05) is 32.8 Å². The van der Waals surface area contributed by atoms with E-state index in [1.807, 2.05) is 0 Å². The first kappa shape index (κ1) is 20.5. The molecular formula is C15H25N5O4S2. The molecule has 1 saturated heterocycles. The lowest BCUT2D eigenvalue weighted by atomic mass is 10.1. The van der Waals surface area contributed by atoms with E-state index in [2.05, 4.69) is 15.0 Å². The Morgan fingerprint density at radius 2 is 2.19 bits per heavy atom. The molecule has 11 heteroatoms. The molecule has 146 valence electrons. The highest BCUT2D eigenvalue weighted by atomic mass is 32.2. The van der Waals surface area contributed by atoms with Gasteiger partial charge >= 0.3 is 6.09 Å². The number of amides is 1. The van der Waals surface area contributed by atoms with E-state index in [-0.39, 0.29) is 35.4 Å². The Morgan fingerprint density at radius 3 is 2.81 bits per heavy atom. The number of likely N-dealkylation sites (tertiary alicyclic amines) is 1. The fourth-order valence-electron chi connectivity index (χ4n) is 2.52. The average Bonchev–Trinajstić information content (AvgIpc) is 3.15. The van der Waals surface area contributed by atoms with Gasteiger partial charge in [0.25, 0.3) is 0 Å². The second-order valence-electron chi connectivity index (χ2n) is 5.70. The lowest BCUT2D eigenvalue weighted by Crippen LogP contribution is -2.48. The normalized spacial score (nSPS) is 16.5. The van der Waals surface area contributed by atoms with Gasteiger partial charge in [-0.25, -0.2) is 17.9 Å². The zero-order valence-corrected chi connectivity index (χ0v) is 16.3. The summed E-state index contributed by atoms with van der Waals surface area (Å²) in [5.74, 6) is 0.273. The molecule has 0 bridgehead atoms. The highest BCUT2D eigenvalue weighted by Crippen LogP contribution is 2.15. The fourth-order valence-corrected chi connectivity index (χ4v) is 4.58. The van der Waals surface area contributed by atoms with Crippen LogP contribution in [0.1, 0.15) is 19.8 Å². The minimum atomic E-state index is -3.47. The van der Waals surface area contributed by atoms with Crippen molar-refractivity contribution in [3.63, 3.8) is 0 Å². The Labute approximate surface area is 157 Å². The molecule has 2 heterocycles. The largest absolute Gasteiger partial charge is 0.450 e. The summed E-state index contributed by atoms with van der Waals surface area (Å²) in [6.07, 6.45) is 1.21. The van der Waals surface area contributed by atoms with E-state index in [0.717, 1.165) is 24.2 Å². The van der Waals surface area contributed by atoms with Gasteiger partial charge in [0.1, 0.15) is 4.21 Å². The Morgan fingerprint density at radius 1 is 1.46 bits per heavy atom. The molecule has 1 aromatic heterocycles. The summed E-state index contributed by atoms with van der Waals surface area (Å²) in [7, 11) is -3.47. The molecule has 0 aromatic carbocycles. The van der Waals surface area contributed by atoms with Gasteiger partial charge in [-0.15, -0.1) is 11.3 Å². The third-order valence-electron chi connectivity index (χ3n) is 3.82. The Kier molecular flexibility index (Phi) is 7.66.